The molecule has 124 valence electrons. The van der Waals surface area contributed by atoms with Crippen LogP contribution in [0.25, 0.3) is 0 Å². The zero-order valence-electron chi connectivity index (χ0n) is 13.0. The van der Waals surface area contributed by atoms with Crippen molar-refractivity contribution < 1.29 is 27.4 Å². The SMILES string of the molecule is CC1=C(C(F)(F)F)OC2OC3(C)CCC4C(C)CCC1C24O3. The first-order chi connectivity index (χ1) is 10.2. The van der Waals surface area contributed by atoms with Crippen LogP contribution in [0.15, 0.2) is 11.3 Å². The second-order valence-electron chi connectivity index (χ2n) is 7.42. The van der Waals surface area contributed by atoms with E-state index < -0.39 is 29.6 Å². The molecule has 2 bridgehead atoms. The molecule has 3 heterocycles. The minimum atomic E-state index is -4.48. The normalized spacial score (nSPS) is 50.6. The number of alkyl halides is 3. The molecule has 0 aromatic carbocycles. The lowest BCUT2D eigenvalue weighted by Crippen LogP contribution is -2.62. The average molecular weight is 318 g/mol. The zero-order chi connectivity index (χ0) is 15.9. The van der Waals surface area contributed by atoms with E-state index in [1.807, 2.05) is 6.92 Å². The summed E-state index contributed by atoms with van der Waals surface area (Å²) in [6, 6.07) is 0. The Balaban J connectivity index is 1.85. The van der Waals surface area contributed by atoms with Gasteiger partial charge in [0, 0.05) is 12.3 Å². The van der Waals surface area contributed by atoms with Crippen LogP contribution < -0.4 is 0 Å². The van der Waals surface area contributed by atoms with E-state index in [0.717, 1.165) is 12.8 Å². The Hall–Kier alpha value is -0.750. The Bertz CT molecular complexity index is 543. The van der Waals surface area contributed by atoms with Gasteiger partial charge in [0.05, 0.1) is 0 Å². The van der Waals surface area contributed by atoms with Gasteiger partial charge in [0.25, 0.3) is 0 Å². The monoisotopic (exact) mass is 318 g/mol. The van der Waals surface area contributed by atoms with E-state index >= 15 is 0 Å². The van der Waals surface area contributed by atoms with Gasteiger partial charge in [0.1, 0.15) is 5.60 Å². The number of rotatable bonds is 0. The molecule has 1 spiro atoms. The number of hydrogen-bond donors (Lipinski definition) is 0. The average Bonchev–Trinajstić information content (AvgIpc) is 2.62. The summed E-state index contributed by atoms with van der Waals surface area (Å²) in [6.45, 7) is 5.52. The fraction of sp³-hybridized carbons (Fsp3) is 0.875. The largest absolute Gasteiger partial charge is 0.456 e. The van der Waals surface area contributed by atoms with Crippen molar-refractivity contribution in [3.05, 3.63) is 11.3 Å². The first-order valence-electron chi connectivity index (χ1n) is 8.00. The van der Waals surface area contributed by atoms with Crippen LogP contribution in [0.2, 0.25) is 0 Å². The minimum Gasteiger partial charge on any atom is -0.456 e. The molecule has 3 nitrogen and oxygen atoms in total. The van der Waals surface area contributed by atoms with Crippen molar-refractivity contribution in [2.45, 2.75) is 70.3 Å². The predicted molar refractivity (Wildman–Crippen MR) is 71.5 cm³/mol. The van der Waals surface area contributed by atoms with Crippen LogP contribution in [0, 0.1) is 17.8 Å². The summed E-state index contributed by atoms with van der Waals surface area (Å²) in [4.78, 5) is 0. The Morgan fingerprint density at radius 3 is 2.59 bits per heavy atom. The van der Waals surface area contributed by atoms with Gasteiger partial charge in [0.2, 0.25) is 12.0 Å². The van der Waals surface area contributed by atoms with Crippen molar-refractivity contribution in [2.75, 3.05) is 0 Å². The molecule has 6 heteroatoms. The standard InChI is InChI=1S/C16H21F3O3/c1-8-4-5-11-9(2)12(16(17,18)19)20-13-15(11)10(8)6-7-14(3,21-13)22-15/h8,10-11,13H,4-7H2,1-3H3. The molecule has 0 aromatic heterocycles. The molecule has 4 rings (SSSR count). The molecule has 3 aliphatic heterocycles. The molecular formula is C16H21F3O3. The van der Waals surface area contributed by atoms with Crippen molar-refractivity contribution in [3.8, 4) is 0 Å². The van der Waals surface area contributed by atoms with Crippen LogP contribution in [-0.4, -0.2) is 23.9 Å². The van der Waals surface area contributed by atoms with Gasteiger partial charge in [-0.05, 0) is 50.5 Å². The first-order valence-corrected chi connectivity index (χ1v) is 8.00. The lowest BCUT2D eigenvalue weighted by Gasteiger charge is -2.55. The Labute approximate surface area is 127 Å². The summed E-state index contributed by atoms with van der Waals surface area (Å²) in [7, 11) is 0. The van der Waals surface area contributed by atoms with Crippen LogP contribution in [0.5, 0.6) is 0 Å². The number of fused-ring (bicyclic) bond motifs is 1. The molecule has 3 fully saturated rings. The number of allylic oxidation sites excluding steroid dienone is 1. The molecule has 6 atom stereocenters. The molecule has 6 unspecified atom stereocenters. The summed E-state index contributed by atoms with van der Waals surface area (Å²) in [5.41, 5.74) is -0.473. The molecule has 0 amide bonds. The highest BCUT2D eigenvalue weighted by molar-refractivity contribution is 5.27. The number of hydrogen-bond acceptors (Lipinski definition) is 3. The van der Waals surface area contributed by atoms with Crippen LogP contribution in [0.3, 0.4) is 0 Å². The van der Waals surface area contributed by atoms with Crippen molar-refractivity contribution in [1.29, 1.82) is 0 Å². The Morgan fingerprint density at radius 2 is 1.91 bits per heavy atom. The van der Waals surface area contributed by atoms with E-state index in [4.69, 9.17) is 14.2 Å². The second kappa shape index (κ2) is 4.20. The highest BCUT2D eigenvalue weighted by Gasteiger charge is 2.71. The maximum atomic E-state index is 13.3. The molecule has 1 aliphatic carbocycles. The second-order valence-corrected chi connectivity index (χ2v) is 7.42. The first kappa shape index (κ1) is 14.8. The number of halogens is 3. The molecule has 0 N–H and O–H groups in total. The van der Waals surface area contributed by atoms with Crippen molar-refractivity contribution in [3.63, 3.8) is 0 Å². The Morgan fingerprint density at radius 1 is 1.18 bits per heavy atom. The molecule has 4 aliphatic rings. The van der Waals surface area contributed by atoms with Crippen molar-refractivity contribution >= 4 is 0 Å². The summed E-state index contributed by atoms with van der Waals surface area (Å²) in [6.07, 6.45) is -2.18. The summed E-state index contributed by atoms with van der Waals surface area (Å²) < 4.78 is 57.4. The van der Waals surface area contributed by atoms with Crippen LogP contribution in [0.1, 0.15) is 46.5 Å². The van der Waals surface area contributed by atoms with Gasteiger partial charge < -0.3 is 14.2 Å². The van der Waals surface area contributed by atoms with Crippen LogP contribution in [-0.2, 0) is 14.2 Å². The van der Waals surface area contributed by atoms with Crippen LogP contribution in [0.4, 0.5) is 13.2 Å². The number of ether oxygens (including phenoxy) is 3. The highest BCUT2D eigenvalue weighted by Crippen LogP contribution is 2.63. The molecule has 0 aromatic rings. The lowest BCUT2D eigenvalue weighted by molar-refractivity contribution is -0.248. The van der Waals surface area contributed by atoms with Gasteiger partial charge in [-0.2, -0.15) is 13.2 Å². The van der Waals surface area contributed by atoms with Crippen molar-refractivity contribution in [1.82, 2.24) is 0 Å². The topological polar surface area (TPSA) is 27.7 Å². The molecule has 1 saturated carbocycles. The van der Waals surface area contributed by atoms with E-state index in [1.165, 1.54) is 0 Å². The maximum absolute atomic E-state index is 13.3. The van der Waals surface area contributed by atoms with Gasteiger partial charge in [0.15, 0.2) is 5.79 Å². The van der Waals surface area contributed by atoms with Gasteiger partial charge in [-0.15, -0.1) is 0 Å². The fourth-order valence-corrected chi connectivity index (χ4v) is 5.17. The van der Waals surface area contributed by atoms with Gasteiger partial charge in [-0.25, -0.2) is 0 Å². The molecule has 22 heavy (non-hydrogen) atoms. The smallest absolute Gasteiger partial charge is 0.448 e. The van der Waals surface area contributed by atoms with Crippen molar-refractivity contribution in [2.24, 2.45) is 17.8 Å². The summed E-state index contributed by atoms with van der Waals surface area (Å²) in [5, 5.41) is 0. The van der Waals surface area contributed by atoms with E-state index in [2.05, 4.69) is 6.92 Å². The fourth-order valence-electron chi connectivity index (χ4n) is 5.17. The predicted octanol–water partition coefficient (Wildman–Crippen LogP) is 4.14. The van der Waals surface area contributed by atoms with Gasteiger partial charge in [-0.1, -0.05) is 6.92 Å². The Kier molecular flexibility index (Phi) is 2.83. The lowest BCUT2D eigenvalue weighted by atomic mass is 9.58. The third-order valence-electron chi connectivity index (χ3n) is 6.11. The van der Waals surface area contributed by atoms with E-state index in [1.54, 1.807) is 6.92 Å². The van der Waals surface area contributed by atoms with Crippen LogP contribution >= 0.6 is 0 Å². The van der Waals surface area contributed by atoms with Gasteiger partial charge in [-0.3, -0.25) is 0 Å². The summed E-state index contributed by atoms with van der Waals surface area (Å²) >= 11 is 0. The minimum absolute atomic E-state index is 0.191. The summed E-state index contributed by atoms with van der Waals surface area (Å²) in [5.74, 6) is -1.37. The van der Waals surface area contributed by atoms with Gasteiger partial charge >= 0.3 is 6.18 Å². The molecule has 0 radical (unpaired) electrons. The molecule has 2 saturated heterocycles. The maximum Gasteiger partial charge on any atom is 0.448 e. The third-order valence-corrected chi connectivity index (χ3v) is 6.11. The van der Waals surface area contributed by atoms with E-state index in [-0.39, 0.29) is 17.4 Å². The highest BCUT2D eigenvalue weighted by atomic mass is 19.4. The zero-order valence-corrected chi connectivity index (χ0v) is 13.0. The quantitative estimate of drug-likeness (QED) is 0.672. The van der Waals surface area contributed by atoms with E-state index in [0.29, 0.717) is 18.8 Å². The van der Waals surface area contributed by atoms with E-state index in [9.17, 15) is 13.2 Å². The molecular weight excluding hydrogens is 297 g/mol. The third kappa shape index (κ3) is 1.71.